The number of carbonyl (C=O) groups excluding carboxylic acids is 1. The van der Waals surface area contributed by atoms with Gasteiger partial charge in [0.05, 0.1) is 6.61 Å². The number of ketones is 1. The van der Waals surface area contributed by atoms with Gasteiger partial charge in [0, 0.05) is 25.0 Å². The molecule has 0 aliphatic carbocycles. The van der Waals surface area contributed by atoms with Crippen molar-refractivity contribution in [1.82, 2.24) is 5.32 Å². The Hall–Kier alpha value is -0.410. The number of Topliss-reactive ketones (excluding diaryl/α,β-unsaturated/α-hetero) is 1. The largest absolute Gasteiger partial charge is 0.381 e. The van der Waals surface area contributed by atoms with E-state index in [-0.39, 0.29) is 5.92 Å². The van der Waals surface area contributed by atoms with Crippen LogP contribution in [0.4, 0.5) is 0 Å². The van der Waals surface area contributed by atoms with Crippen molar-refractivity contribution in [3.8, 4) is 0 Å². The summed E-state index contributed by atoms with van der Waals surface area (Å²) in [4.78, 5) is 11.8. The highest BCUT2D eigenvalue weighted by Crippen LogP contribution is 2.18. The number of piperidine rings is 1. The predicted octanol–water partition coefficient (Wildman–Crippen LogP) is 1.12. The minimum Gasteiger partial charge on any atom is -0.381 e. The first-order valence-electron chi connectivity index (χ1n) is 5.70. The van der Waals surface area contributed by atoms with E-state index in [2.05, 4.69) is 5.32 Å². The molecule has 0 aromatic heterocycles. The van der Waals surface area contributed by atoms with Gasteiger partial charge in [0.15, 0.2) is 0 Å². The maximum atomic E-state index is 11.8. The lowest BCUT2D eigenvalue weighted by Crippen LogP contribution is -2.37. The molecule has 2 aliphatic heterocycles. The second kappa shape index (κ2) is 4.89. The van der Waals surface area contributed by atoms with Crippen molar-refractivity contribution in [2.24, 2.45) is 5.92 Å². The molecule has 0 aromatic rings. The maximum Gasteiger partial charge on any atom is 0.139 e. The smallest absolute Gasteiger partial charge is 0.139 e. The summed E-state index contributed by atoms with van der Waals surface area (Å²) < 4.78 is 5.23. The monoisotopic (exact) mass is 197 g/mol. The Morgan fingerprint density at radius 2 is 2.29 bits per heavy atom. The van der Waals surface area contributed by atoms with Crippen LogP contribution in [0.1, 0.15) is 32.1 Å². The Labute approximate surface area is 85.2 Å². The van der Waals surface area contributed by atoms with Crippen LogP contribution in [0.15, 0.2) is 0 Å². The fourth-order valence-electron chi connectivity index (χ4n) is 2.30. The van der Waals surface area contributed by atoms with E-state index in [1.807, 2.05) is 0 Å². The molecule has 1 N–H and O–H groups in total. The molecule has 0 spiro atoms. The first-order valence-corrected chi connectivity index (χ1v) is 5.70. The van der Waals surface area contributed by atoms with Crippen molar-refractivity contribution >= 4 is 5.78 Å². The van der Waals surface area contributed by atoms with Crippen LogP contribution in [0.3, 0.4) is 0 Å². The zero-order valence-corrected chi connectivity index (χ0v) is 8.63. The summed E-state index contributed by atoms with van der Waals surface area (Å²) in [6.07, 6.45) is 5.35. The second-order valence-corrected chi connectivity index (χ2v) is 4.38. The first-order chi connectivity index (χ1) is 6.86. The van der Waals surface area contributed by atoms with Crippen LogP contribution in [0, 0.1) is 5.92 Å². The molecule has 2 saturated heterocycles. The topological polar surface area (TPSA) is 38.3 Å². The van der Waals surface area contributed by atoms with Crippen molar-refractivity contribution in [2.45, 2.75) is 38.1 Å². The van der Waals surface area contributed by atoms with E-state index in [0.717, 1.165) is 19.6 Å². The number of nitrogens with one attached hydrogen (secondary N) is 1. The highest BCUT2D eigenvalue weighted by atomic mass is 16.5. The van der Waals surface area contributed by atoms with Crippen molar-refractivity contribution in [3.05, 3.63) is 0 Å². The van der Waals surface area contributed by atoms with Crippen LogP contribution < -0.4 is 5.32 Å². The van der Waals surface area contributed by atoms with Crippen LogP contribution in [-0.4, -0.2) is 31.6 Å². The molecule has 3 nitrogen and oxygen atoms in total. The summed E-state index contributed by atoms with van der Waals surface area (Å²) in [5.74, 6) is 0.598. The fraction of sp³-hybridized carbons (Fsp3) is 0.909. The van der Waals surface area contributed by atoms with Crippen molar-refractivity contribution in [2.75, 3.05) is 19.8 Å². The maximum absolute atomic E-state index is 11.8. The summed E-state index contributed by atoms with van der Waals surface area (Å²) in [5.41, 5.74) is 0. The normalized spacial score (nSPS) is 33.1. The average molecular weight is 197 g/mol. The molecule has 0 saturated carbocycles. The molecule has 0 bridgehead atoms. The Balaban J connectivity index is 1.75. The number of ether oxygens (including phenoxy) is 1. The van der Waals surface area contributed by atoms with Gasteiger partial charge >= 0.3 is 0 Å². The number of hydrogen-bond acceptors (Lipinski definition) is 3. The van der Waals surface area contributed by atoms with Crippen LogP contribution in [-0.2, 0) is 9.53 Å². The van der Waals surface area contributed by atoms with Gasteiger partial charge in [0.25, 0.3) is 0 Å². The summed E-state index contributed by atoms with van der Waals surface area (Å²) >= 11 is 0. The van der Waals surface area contributed by atoms with E-state index in [0.29, 0.717) is 24.9 Å². The molecule has 2 rings (SSSR count). The molecular weight excluding hydrogens is 178 g/mol. The lowest BCUT2D eigenvalue weighted by atomic mass is 9.93. The van der Waals surface area contributed by atoms with Gasteiger partial charge in [-0.15, -0.1) is 0 Å². The SMILES string of the molecule is O=C(CC1CCCCN1)C1CCOC1. The Bertz CT molecular complexity index is 193. The van der Waals surface area contributed by atoms with Gasteiger partial charge in [0.1, 0.15) is 5.78 Å². The molecule has 0 radical (unpaired) electrons. The molecule has 2 heterocycles. The third-order valence-electron chi connectivity index (χ3n) is 3.24. The third-order valence-corrected chi connectivity index (χ3v) is 3.24. The number of carbonyl (C=O) groups is 1. The van der Waals surface area contributed by atoms with Crippen LogP contribution in [0.25, 0.3) is 0 Å². The van der Waals surface area contributed by atoms with E-state index in [9.17, 15) is 4.79 Å². The van der Waals surface area contributed by atoms with Crippen LogP contribution in [0.2, 0.25) is 0 Å². The lowest BCUT2D eigenvalue weighted by molar-refractivity contribution is -0.123. The Kier molecular flexibility index (Phi) is 3.54. The molecule has 2 aliphatic rings. The number of hydrogen-bond donors (Lipinski definition) is 1. The Morgan fingerprint density at radius 1 is 1.36 bits per heavy atom. The third kappa shape index (κ3) is 2.55. The molecule has 2 fully saturated rings. The zero-order chi connectivity index (χ0) is 9.80. The van der Waals surface area contributed by atoms with Gasteiger partial charge in [-0.25, -0.2) is 0 Å². The van der Waals surface area contributed by atoms with E-state index in [1.165, 1.54) is 19.3 Å². The predicted molar refractivity (Wildman–Crippen MR) is 54.2 cm³/mol. The standard InChI is InChI=1S/C11H19NO2/c13-11(9-4-6-14-8-9)7-10-3-1-2-5-12-10/h9-10,12H,1-8H2. The summed E-state index contributed by atoms with van der Waals surface area (Å²) in [7, 11) is 0. The first kappa shape index (κ1) is 10.1. The quantitative estimate of drug-likeness (QED) is 0.737. The lowest BCUT2D eigenvalue weighted by Gasteiger charge is -2.23. The van der Waals surface area contributed by atoms with Gasteiger partial charge in [0.2, 0.25) is 0 Å². The van der Waals surface area contributed by atoms with Crippen LogP contribution >= 0.6 is 0 Å². The molecule has 0 amide bonds. The van der Waals surface area contributed by atoms with E-state index in [1.54, 1.807) is 0 Å². The van der Waals surface area contributed by atoms with Gasteiger partial charge in [-0.05, 0) is 25.8 Å². The molecule has 2 unspecified atom stereocenters. The van der Waals surface area contributed by atoms with Gasteiger partial charge in [-0.2, -0.15) is 0 Å². The Morgan fingerprint density at radius 3 is 2.93 bits per heavy atom. The van der Waals surface area contributed by atoms with E-state index >= 15 is 0 Å². The van der Waals surface area contributed by atoms with Crippen molar-refractivity contribution in [1.29, 1.82) is 0 Å². The fourth-order valence-corrected chi connectivity index (χ4v) is 2.30. The average Bonchev–Trinajstić information content (AvgIpc) is 2.72. The van der Waals surface area contributed by atoms with Crippen LogP contribution in [0.5, 0.6) is 0 Å². The van der Waals surface area contributed by atoms with Crippen molar-refractivity contribution < 1.29 is 9.53 Å². The highest BCUT2D eigenvalue weighted by Gasteiger charge is 2.26. The van der Waals surface area contributed by atoms with Gasteiger partial charge in [-0.3, -0.25) is 4.79 Å². The highest BCUT2D eigenvalue weighted by molar-refractivity contribution is 5.81. The van der Waals surface area contributed by atoms with Crippen molar-refractivity contribution in [3.63, 3.8) is 0 Å². The van der Waals surface area contributed by atoms with Gasteiger partial charge in [-0.1, -0.05) is 6.42 Å². The molecule has 2 atom stereocenters. The molecule has 3 heteroatoms. The van der Waals surface area contributed by atoms with Gasteiger partial charge < -0.3 is 10.1 Å². The minimum absolute atomic E-state index is 0.193. The summed E-state index contributed by atoms with van der Waals surface area (Å²) in [5, 5.41) is 3.41. The molecular formula is C11H19NO2. The van der Waals surface area contributed by atoms with E-state index < -0.39 is 0 Å². The molecule has 80 valence electrons. The summed E-state index contributed by atoms with van der Waals surface area (Å²) in [6.45, 7) is 2.51. The zero-order valence-electron chi connectivity index (χ0n) is 8.63. The molecule has 14 heavy (non-hydrogen) atoms. The number of rotatable bonds is 3. The second-order valence-electron chi connectivity index (χ2n) is 4.38. The van der Waals surface area contributed by atoms with E-state index in [4.69, 9.17) is 4.74 Å². The minimum atomic E-state index is 0.193. The summed E-state index contributed by atoms with van der Waals surface area (Å²) in [6, 6.07) is 0.442. The molecule has 0 aromatic carbocycles.